The number of fused-ring (bicyclic) bond motifs is 1. The summed E-state index contributed by atoms with van der Waals surface area (Å²) >= 11 is 1.35. The molecule has 1 amide bonds. The lowest BCUT2D eigenvalue weighted by atomic mass is 9.98. The van der Waals surface area contributed by atoms with Gasteiger partial charge < -0.3 is 14.2 Å². The van der Waals surface area contributed by atoms with Gasteiger partial charge in [0.2, 0.25) is 0 Å². The van der Waals surface area contributed by atoms with Crippen LogP contribution in [0.4, 0.5) is 9.52 Å². The normalized spacial score (nSPS) is 13.3. The van der Waals surface area contributed by atoms with E-state index in [1.807, 2.05) is 17.5 Å². The quantitative estimate of drug-likeness (QED) is 0.554. The highest BCUT2D eigenvalue weighted by Crippen LogP contribution is 2.33. The fourth-order valence-electron chi connectivity index (χ4n) is 3.60. The van der Waals surface area contributed by atoms with E-state index >= 15 is 0 Å². The van der Waals surface area contributed by atoms with E-state index in [4.69, 9.17) is 14.2 Å². The molecule has 0 bridgehead atoms. The topological polar surface area (TPSA) is 72.9 Å². The molecule has 1 N–H and O–H groups in total. The van der Waals surface area contributed by atoms with Crippen LogP contribution in [-0.4, -0.2) is 43.2 Å². The third-order valence-electron chi connectivity index (χ3n) is 5.18. The number of carbonyl (C=O) groups excluding carboxylic acids is 1. The number of hydrogen-bond acceptors (Lipinski definition) is 7. The predicted molar refractivity (Wildman–Crippen MR) is 120 cm³/mol. The van der Waals surface area contributed by atoms with E-state index in [0.717, 1.165) is 36.7 Å². The van der Waals surface area contributed by atoms with Crippen molar-refractivity contribution in [3.8, 4) is 17.2 Å². The van der Waals surface area contributed by atoms with E-state index in [9.17, 15) is 9.18 Å². The van der Waals surface area contributed by atoms with Crippen molar-refractivity contribution >= 4 is 22.4 Å². The number of benzene rings is 2. The number of ether oxygens (including phenoxy) is 3. The van der Waals surface area contributed by atoms with Crippen molar-refractivity contribution in [2.45, 2.75) is 19.5 Å². The summed E-state index contributed by atoms with van der Waals surface area (Å²) in [6.45, 7) is 2.07. The Balaban J connectivity index is 1.32. The lowest BCUT2D eigenvalue weighted by Gasteiger charge is -2.29. The Hall–Kier alpha value is -3.17. The maximum Gasteiger partial charge on any atom is 0.264 e. The van der Waals surface area contributed by atoms with Crippen LogP contribution in [-0.2, 0) is 24.3 Å². The molecule has 168 valence electrons. The number of para-hydroxylation sites is 1. The lowest BCUT2D eigenvalue weighted by Crippen LogP contribution is -2.30. The molecule has 32 heavy (non-hydrogen) atoms. The van der Waals surface area contributed by atoms with Gasteiger partial charge in [-0.05, 0) is 41.8 Å². The van der Waals surface area contributed by atoms with Crippen molar-refractivity contribution in [1.29, 1.82) is 0 Å². The molecule has 0 atom stereocenters. The Bertz CT molecular complexity index is 1100. The number of anilines is 1. The smallest absolute Gasteiger partial charge is 0.264 e. The Morgan fingerprint density at radius 3 is 2.66 bits per heavy atom. The van der Waals surface area contributed by atoms with E-state index < -0.39 is 5.82 Å². The Labute approximate surface area is 189 Å². The maximum atomic E-state index is 13.6. The second-order valence-corrected chi connectivity index (χ2v) is 8.21. The molecule has 9 heteroatoms. The zero-order valence-electron chi connectivity index (χ0n) is 17.9. The summed E-state index contributed by atoms with van der Waals surface area (Å²) in [6.07, 6.45) is 0.913. The molecule has 1 aromatic heterocycles. The molecular formula is C23H24FN3O4S. The summed E-state index contributed by atoms with van der Waals surface area (Å²) in [7, 11) is 3.28. The number of amides is 1. The second kappa shape index (κ2) is 9.97. The van der Waals surface area contributed by atoms with Crippen molar-refractivity contribution in [2.75, 3.05) is 32.7 Å². The zero-order valence-corrected chi connectivity index (χ0v) is 18.7. The van der Waals surface area contributed by atoms with Gasteiger partial charge in [-0.25, -0.2) is 9.37 Å². The van der Waals surface area contributed by atoms with Crippen LogP contribution < -0.4 is 19.5 Å². The molecule has 0 saturated heterocycles. The van der Waals surface area contributed by atoms with Gasteiger partial charge in [-0.1, -0.05) is 12.1 Å². The number of rotatable bonds is 8. The van der Waals surface area contributed by atoms with Crippen LogP contribution >= 0.6 is 11.3 Å². The number of nitrogens with zero attached hydrogens (tertiary/aromatic N) is 2. The van der Waals surface area contributed by atoms with Crippen molar-refractivity contribution in [3.05, 3.63) is 64.4 Å². The molecule has 0 radical (unpaired) electrons. The molecule has 0 unspecified atom stereocenters. The van der Waals surface area contributed by atoms with Crippen LogP contribution in [0.15, 0.2) is 41.8 Å². The molecule has 0 spiro atoms. The minimum atomic E-state index is -0.504. The van der Waals surface area contributed by atoms with Gasteiger partial charge in [0.1, 0.15) is 0 Å². The van der Waals surface area contributed by atoms with Gasteiger partial charge in [0.15, 0.2) is 34.8 Å². The van der Waals surface area contributed by atoms with Gasteiger partial charge in [0.05, 0.1) is 19.9 Å². The van der Waals surface area contributed by atoms with Gasteiger partial charge in [-0.3, -0.25) is 15.0 Å². The zero-order chi connectivity index (χ0) is 22.5. The number of hydrogen-bond donors (Lipinski definition) is 1. The van der Waals surface area contributed by atoms with E-state index in [1.54, 1.807) is 26.4 Å². The van der Waals surface area contributed by atoms with Crippen LogP contribution in [0.5, 0.6) is 17.2 Å². The van der Waals surface area contributed by atoms with Gasteiger partial charge in [-0.15, -0.1) is 11.3 Å². The number of aromatic nitrogens is 1. The summed E-state index contributed by atoms with van der Waals surface area (Å²) in [5, 5.41) is 5.12. The van der Waals surface area contributed by atoms with Crippen molar-refractivity contribution < 1.29 is 23.4 Å². The van der Waals surface area contributed by atoms with Crippen molar-refractivity contribution in [2.24, 2.45) is 0 Å². The predicted octanol–water partition coefficient (Wildman–Crippen LogP) is 3.88. The standard InChI is InChI=1S/C23H24FN3O4S/c1-29-20-9-15-7-8-27(11-16(15)10-21(20)30-2)12-17-14-32-23(25-17)26-22(28)13-31-19-6-4-3-5-18(19)24/h3-6,9-10,14H,7-8,11-13H2,1-2H3,(H,25,26,28). The Morgan fingerprint density at radius 2 is 1.91 bits per heavy atom. The fraction of sp³-hybridized carbons (Fsp3) is 0.304. The fourth-order valence-corrected chi connectivity index (χ4v) is 4.32. The summed E-state index contributed by atoms with van der Waals surface area (Å²) < 4.78 is 29.6. The van der Waals surface area contributed by atoms with E-state index in [1.165, 1.54) is 34.6 Å². The summed E-state index contributed by atoms with van der Waals surface area (Å²) in [5.41, 5.74) is 3.35. The highest BCUT2D eigenvalue weighted by molar-refractivity contribution is 7.13. The first-order valence-electron chi connectivity index (χ1n) is 10.1. The highest BCUT2D eigenvalue weighted by atomic mass is 32.1. The molecule has 2 aromatic carbocycles. The lowest BCUT2D eigenvalue weighted by molar-refractivity contribution is -0.118. The number of carbonyl (C=O) groups is 1. The van der Waals surface area contributed by atoms with Crippen LogP contribution in [0.25, 0.3) is 0 Å². The number of methoxy groups -OCH3 is 2. The molecule has 4 rings (SSSR count). The van der Waals surface area contributed by atoms with Crippen LogP contribution in [0.1, 0.15) is 16.8 Å². The van der Waals surface area contributed by atoms with Crippen molar-refractivity contribution in [1.82, 2.24) is 9.88 Å². The van der Waals surface area contributed by atoms with E-state index in [0.29, 0.717) is 11.7 Å². The average molecular weight is 458 g/mol. The first-order chi connectivity index (χ1) is 15.6. The molecular weight excluding hydrogens is 433 g/mol. The average Bonchev–Trinajstić information content (AvgIpc) is 3.24. The van der Waals surface area contributed by atoms with E-state index in [-0.39, 0.29) is 18.3 Å². The molecule has 1 aliphatic heterocycles. The maximum absolute atomic E-state index is 13.6. The summed E-state index contributed by atoms with van der Waals surface area (Å²) in [4.78, 5) is 18.9. The molecule has 0 fully saturated rings. The minimum absolute atomic E-state index is 0.0436. The molecule has 3 aromatic rings. The molecule has 0 saturated carbocycles. The van der Waals surface area contributed by atoms with Gasteiger partial charge >= 0.3 is 0 Å². The van der Waals surface area contributed by atoms with Gasteiger partial charge in [0.25, 0.3) is 5.91 Å². The number of thiazole rings is 1. The first kappa shape index (κ1) is 22.0. The number of nitrogens with one attached hydrogen (secondary N) is 1. The largest absolute Gasteiger partial charge is 0.493 e. The second-order valence-electron chi connectivity index (χ2n) is 7.35. The van der Waals surface area contributed by atoms with Crippen LogP contribution in [0.3, 0.4) is 0 Å². The minimum Gasteiger partial charge on any atom is -0.493 e. The number of halogens is 1. The molecule has 1 aliphatic rings. The monoisotopic (exact) mass is 457 g/mol. The van der Waals surface area contributed by atoms with Crippen molar-refractivity contribution in [3.63, 3.8) is 0 Å². The molecule has 2 heterocycles. The summed E-state index contributed by atoms with van der Waals surface area (Å²) in [5.74, 6) is 0.628. The van der Waals surface area contributed by atoms with Crippen LogP contribution in [0, 0.1) is 5.82 Å². The molecule has 7 nitrogen and oxygen atoms in total. The highest BCUT2D eigenvalue weighted by Gasteiger charge is 2.20. The van der Waals surface area contributed by atoms with Gasteiger partial charge in [0, 0.05) is 25.0 Å². The van der Waals surface area contributed by atoms with Crippen LogP contribution in [0.2, 0.25) is 0 Å². The van der Waals surface area contributed by atoms with Gasteiger partial charge in [-0.2, -0.15) is 0 Å². The third-order valence-corrected chi connectivity index (χ3v) is 5.98. The summed E-state index contributed by atoms with van der Waals surface area (Å²) in [6, 6.07) is 10.1. The molecule has 0 aliphatic carbocycles. The first-order valence-corrected chi connectivity index (χ1v) is 11.0. The third kappa shape index (κ3) is 5.17. The van der Waals surface area contributed by atoms with E-state index in [2.05, 4.69) is 15.2 Å². The Morgan fingerprint density at radius 1 is 1.16 bits per heavy atom. The SMILES string of the molecule is COc1cc2c(cc1OC)CN(Cc1csc(NC(=O)COc3ccccc3F)n1)CC2. The Kier molecular flexibility index (Phi) is 6.87.